The molecule has 3 aromatic heterocycles. The number of oxazole rings is 1. The van der Waals surface area contributed by atoms with E-state index < -0.39 is 22.8 Å². The molecule has 0 spiro atoms. The van der Waals surface area contributed by atoms with Gasteiger partial charge in [-0.2, -0.15) is 0 Å². The zero-order valence-corrected chi connectivity index (χ0v) is 21.1. The largest absolute Gasteiger partial charge is 0.505 e. The molecule has 0 atom stereocenters. The van der Waals surface area contributed by atoms with Gasteiger partial charge in [0.2, 0.25) is 0 Å². The molecular formula is C27H16ClFN2O6S. The number of hydrogen-bond donors (Lipinski definition) is 1. The predicted octanol–water partition coefficient (Wildman–Crippen LogP) is 5.96. The number of ether oxygens (including phenoxy) is 1. The first-order valence-corrected chi connectivity index (χ1v) is 12.4. The molecule has 6 rings (SSSR count). The molecule has 190 valence electrons. The molecule has 3 heterocycles. The summed E-state index contributed by atoms with van der Waals surface area (Å²) in [5.41, 5.74) is 0.401. The molecule has 3 aromatic carbocycles. The molecule has 11 heteroatoms. The van der Waals surface area contributed by atoms with E-state index in [1.165, 1.54) is 23.8 Å². The maximum Gasteiger partial charge on any atom is 0.354 e. The lowest BCUT2D eigenvalue weighted by atomic mass is 10.1. The van der Waals surface area contributed by atoms with Crippen LogP contribution < -0.4 is 15.9 Å². The second kappa shape index (κ2) is 9.23. The molecule has 0 saturated carbocycles. The van der Waals surface area contributed by atoms with Gasteiger partial charge in [-0.3, -0.25) is 4.79 Å². The van der Waals surface area contributed by atoms with E-state index in [1.54, 1.807) is 48.5 Å². The topological polar surface area (TPSA) is 108 Å². The summed E-state index contributed by atoms with van der Waals surface area (Å²) in [7, 11) is 1.49. The highest BCUT2D eigenvalue weighted by atomic mass is 35.5. The molecule has 0 aliphatic carbocycles. The van der Waals surface area contributed by atoms with E-state index in [2.05, 4.69) is 4.98 Å². The van der Waals surface area contributed by atoms with Crippen LogP contribution in [0.4, 0.5) is 4.39 Å². The van der Waals surface area contributed by atoms with E-state index in [0.29, 0.717) is 38.3 Å². The molecule has 6 aromatic rings. The van der Waals surface area contributed by atoms with Crippen LogP contribution in [0.5, 0.6) is 11.5 Å². The van der Waals surface area contributed by atoms with Crippen LogP contribution in [0.1, 0.15) is 5.56 Å². The number of methoxy groups -OCH3 is 1. The van der Waals surface area contributed by atoms with Crippen molar-refractivity contribution in [2.24, 2.45) is 0 Å². The number of benzene rings is 3. The molecule has 1 N–H and O–H groups in total. The van der Waals surface area contributed by atoms with Crippen LogP contribution in [0.15, 0.2) is 89.2 Å². The molecule has 0 aliphatic heterocycles. The Labute approximate surface area is 221 Å². The van der Waals surface area contributed by atoms with Crippen LogP contribution in [0.3, 0.4) is 0 Å². The van der Waals surface area contributed by atoms with Crippen molar-refractivity contribution >= 4 is 56.3 Å². The normalized spacial score (nSPS) is 11.6. The van der Waals surface area contributed by atoms with Gasteiger partial charge < -0.3 is 23.2 Å². The molecule has 0 fully saturated rings. The quantitative estimate of drug-likeness (QED) is 0.262. The van der Waals surface area contributed by atoms with Gasteiger partial charge in [-0.1, -0.05) is 23.7 Å². The maximum absolute atomic E-state index is 13.8. The Bertz CT molecular complexity index is 2000. The molecular weight excluding hydrogens is 535 g/mol. The number of hydrogen-bond acceptors (Lipinski definition) is 8. The Hall–Kier alpha value is -4.28. The number of aromatic hydroxyl groups is 1. The number of aromatic nitrogens is 2. The third-order valence-corrected chi connectivity index (χ3v) is 7.18. The van der Waals surface area contributed by atoms with Crippen LogP contribution in [0, 0.1) is 5.82 Å². The first kappa shape index (κ1) is 24.1. The lowest BCUT2D eigenvalue weighted by molar-refractivity contribution is 0.415. The number of fused-ring (bicyclic) bond motifs is 4. The molecule has 8 nitrogen and oxygen atoms in total. The summed E-state index contributed by atoms with van der Waals surface area (Å²) in [6, 6.07) is 15.5. The second-order valence-electron chi connectivity index (χ2n) is 8.37. The highest BCUT2D eigenvalue weighted by Gasteiger charge is 2.24. The van der Waals surface area contributed by atoms with E-state index in [-0.39, 0.29) is 27.6 Å². The van der Waals surface area contributed by atoms with Crippen molar-refractivity contribution in [3.63, 3.8) is 0 Å². The van der Waals surface area contributed by atoms with Crippen molar-refractivity contribution in [2.45, 2.75) is 16.7 Å². The number of pyridine rings is 1. The van der Waals surface area contributed by atoms with Gasteiger partial charge in [-0.15, -0.1) is 0 Å². The molecule has 0 aliphatic rings. The highest BCUT2D eigenvalue weighted by molar-refractivity contribution is 7.99. The Balaban J connectivity index is 1.58. The van der Waals surface area contributed by atoms with E-state index in [9.17, 15) is 19.1 Å². The standard InChI is InChI=1S/C27H16ClFN2O6S/c1-35-16-7-8-17-19(11-16)31(12-13-2-5-15(29)6-3-13)25(33)21-22(32)24(26(34)37-23(17)21)38-27-30-18-9-4-14(28)10-20(18)36-27/h2-11,32H,12H2,1H3. The Morgan fingerprint density at radius 1 is 1.08 bits per heavy atom. The third-order valence-electron chi connectivity index (χ3n) is 6.03. The lowest BCUT2D eigenvalue weighted by Gasteiger charge is -2.15. The fourth-order valence-electron chi connectivity index (χ4n) is 4.22. The summed E-state index contributed by atoms with van der Waals surface area (Å²) in [5, 5.41) is 11.9. The monoisotopic (exact) mass is 550 g/mol. The van der Waals surface area contributed by atoms with Crippen LogP contribution in [-0.4, -0.2) is 21.8 Å². The van der Waals surface area contributed by atoms with Crippen molar-refractivity contribution in [3.8, 4) is 11.5 Å². The fourth-order valence-corrected chi connectivity index (χ4v) is 5.16. The lowest BCUT2D eigenvalue weighted by Crippen LogP contribution is -2.23. The number of rotatable bonds is 5. The van der Waals surface area contributed by atoms with Gasteiger partial charge in [0, 0.05) is 22.5 Å². The van der Waals surface area contributed by atoms with Crippen molar-refractivity contribution in [2.75, 3.05) is 7.11 Å². The van der Waals surface area contributed by atoms with Gasteiger partial charge in [0.15, 0.2) is 16.9 Å². The summed E-state index contributed by atoms with van der Waals surface area (Å²) < 4.78 is 31.5. The van der Waals surface area contributed by atoms with Gasteiger partial charge in [-0.25, -0.2) is 14.2 Å². The van der Waals surface area contributed by atoms with E-state index >= 15 is 0 Å². The minimum absolute atomic E-state index is 0.0568. The van der Waals surface area contributed by atoms with Crippen molar-refractivity contribution < 1.29 is 23.1 Å². The molecule has 0 saturated heterocycles. The molecule has 0 unspecified atom stereocenters. The highest BCUT2D eigenvalue weighted by Crippen LogP contribution is 2.38. The van der Waals surface area contributed by atoms with E-state index in [0.717, 1.165) is 11.8 Å². The average molecular weight is 551 g/mol. The number of halogens is 2. The molecule has 0 bridgehead atoms. The van der Waals surface area contributed by atoms with Crippen LogP contribution in [0.2, 0.25) is 5.02 Å². The van der Waals surface area contributed by atoms with E-state index in [1.807, 2.05) is 0 Å². The van der Waals surface area contributed by atoms with Crippen LogP contribution >= 0.6 is 23.4 Å². The molecule has 0 radical (unpaired) electrons. The Kier molecular flexibility index (Phi) is 5.85. The smallest absolute Gasteiger partial charge is 0.354 e. The third kappa shape index (κ3) is 4.07. The number of nitrogens with zero attached hydrogens (tertiary/aromatic N) is 2. The van der Waals surface area contributed by atoms with Crippen molar-refractivity contribution in [1.29, 1.82) is 0 Å². The minimum Gasteiger partial charge on any atom is -0.505 e. The summed E-state index contributed by atoms with van der Waals surface area (Å²) in [6.07, 6.45) is 0. The van der Waals surface area contributed by atoms with Crippen LogP contribution in [-0.2, 0) is 6.54 Å². The van der Waals surface area contributed by atoms with Gasteiger partial charge in [0.05, 0.1) is 19.2 Å². The summed E-state index contributed by atoms with van der Waals surface area (Å²) >= 11 is 6.74. The van der Waals surface area contributed by atoms with Gasteiger partial charge >= 0.3 is 5.63 Å². The zero-order valence-electron chi connectivity index (χ0n) is 19.5. The maximum atomic E-state index is 13.8. The SMILES string of the molecule is COc1ccc2c3oc(=O)c(Sc4nc5ccc(Cl)cc5o4)c(O)c3c(=O)n(Cc3ccc(F)cc3)c2c1. The Morgan fingerprint density at radius 3 is 2.63 bits per heavy atom. The molecule has 0 amide bonds. The Morgan fingerprint density at radius 2 is 1.87 bits per heavy atom. The second-order valence-corrected chi connectivity index (χ2v) is 9.76. The van der Waals surface area contributed by atoms with E-state index in [4.69, 9.17) is 25.2 Å². The van der Waals surface area contributed by atoms with Crippen LogP contribution in [0.25, 0.3) is 33.0 Å². The predicted molar refractivity (Wildman–Crippen MR) is 141 cm³/mol. The average Bonchev–Trinajstić information content (AvgIpc) is 3.31. The minimum atomic E-state index is -0.868. The first-order valence-electron chi connectivity index (χ1n) is 11.2. The van der Waals surface area contributed by atoms with Crippen molar-refractivity contribution in [1.82, 2.24) is 9.55 Å². The summed E-state index contributed by atoms with van der Waals surface area (Å²) in [5.74, 6) is -0.496. The first-order chi connectivity index (χ1) is 18.3. The van der Waals surface area contributed by atoms with Gasteiger partial charge in [0.25, 0.3) is 10.8 Å². The van der Waals surface area contributed by atoms with Gasteiger partial charge in [-0.05, 0) is 53.7 Å². The summed E-state index contributed by atoms with van der Waals surface area (Å²) in [4.78, 5) is 30.8. The summed E-state index contributed by atoms with van der Waals surface area (Å²) in [6.45, 7) is 0.0612. The molecule has 38 heavy (non-hydrogen) atoms. The zero-order chi connectivity index (χ0) is 26.6. The van der Waals surface area contributed by atoms with Gasteiger partial charge in [0.1, 0.15) is 27.4 Å². The van der Waals surface area contributed by atoms with Crippen molar-refractivity contribution in [3.05, 3.63) is 97.8 Å². The fraction of sp³-hybridized carbons (Fsp3) is 0.0741.